The number of hydrogen-bond donors (Lipinski definition) is 5. The summed E-state index contributed by atoms with van der Waals surface area (Å²) in [4.78, 5) is 19.4. The molecule has 0 spiro atoms. The van der Waals surface area contributed by atoms with E-state index in [0.717, 1.165) is 5.56 Å². The van der Waals surface area contributed by atoms with Crippen LogP contribution in [0, 0.1) is 12.7 Å². The maximum atomic E-state index is 13.9. The van der Waals surface area contributed by atoms with Crippen LogP contribution >= 0.6 is 0 Å². The Morgan fingerprint density at radius 1 is 1.09 bits per heavy atom. The molecule has 0 fully saturated rings. The van der Waals surface area contributed by atoms with Crippen LogP contribution in [0.4, 0.5) is 15.8 Å². The molecular formula is C26H26FN5O3. The molecule has 9 heteroatoms. The highest BCUT2D eigenvalue weighted by Gasteiger charge is 2.11. The molecule has 1 amide bonds. The van der Waals surface area contributed by atoms with Crippen LogP contribution in [0.1, 0.15) is 22.8 Å². The molecule has 2 heterocycles. The van der Waals surface area contributed by atoms with Crippen molar-refractivity contribution in [2.45, 2.75) is 20.2 Å². The van der Waals surface area contributed by atoms with Gasteiger partial charge in [-0.2, -0.15) is 0 Å². The van der Waals surface area contributed by atoms with E-state index in [-0.39, 0.29) is 11.6 Å². The monoisotopic (exact) mass is 475 g/mol. The fourth-order valence-corrected chi connectivity index (χ4v) is 3.40. The predicted molar refractivity (Wildman–Crippen MR) is 133 cm³/mol. The molecule has 4 aromatic rings. The lowest BCUT2D eigenvalue weighted by Crippen LogP contribution is -2.28. The largest absolute Gasteiger partial charge is 0.457 e. The Bertz CT molecular complexity index is 1310. The minimum atomic E-state index is -1.19. The third-order valence-electron chi connectivity index (χ3n) is 5.10. The number of amides is 1. The zero-order chi connectivity index (χ0) is 24.8. The third-order valence-corrected chi connectivity index (χ3v) is 5.10. The average molecular weight is 476 g/mol. The lowest BCUT2D eigenvalue weighted by atomic mass is 10.2. The van der Waals surface area contributed by atoms with Crippen molar-refractivity contribution in [3.8, 4) is 22.9 Å². The number of aromatic amines is 1. The van der Waals surface area contributed by atoms with Gasteiger partial charge in [-0.25, -0.2) is 4.39 Å². The Balaban J connectivity index is 1.38. The molecule has 0 aliphatic heterocycles. The molecule has 0 aliphatic rings. The molecule has 2 aromatic carbocycles. The summed E-state index contributed by atoms with van der Waals surface area (Å²) >= 11 is 0. The zero-order valence-electron chi connectivity index (χ0n) is 19.3. The first kappa shape index (κ1) is 23.8. The lowest BCUT2D eigenvalue weighted by Gasteiger charge is -2.18. The van der Waals surface area contributed by atoms with E-state index in [1.165, 1.54) is 6.07 Å². The van der Waals surface area contributed by atoms with Gasteiger partial charge in [0.25, 0.3) is 5.91 Å². The maximum Gasteiger partial charge on any atom is 0.252 e. The normalized spacial score (nSPS) is 11.5. The second-order valence-corrected chi connectivity index (χ2v) is 7.84. The quantitative estimate of drug-likeness (QED) is 0.221. The number of hydrogen-bond acceptors (Lipinski definition) is 6. The highest BCUT2D eigenvalue weighted by Crippen LogP contribution is 2.27. The number of aliphatic hydroxyl groups excluding tert-OH is 1. The molecule has 8 nitrogen and oxygen atoms in total. The van der Waals surface area contributed by atoms with Gasteiger partial charge in [0.15, 0.2) is 0 Å². The molecule has 0 bridgehead atoms. The van der Waals surface area contributed by atoms with E-state index in [9.17, 15) is 14.3 Å². The minimum absolute atomic E-state index is 0.152. The molecule has 1 atom stereocenters. The van der Waals surface area contributed by atoms with Crippen LogP contribution in [0.15, 0.2) is 73.1 Å². The molecule has 0 saturated carbocycles. The van der Waals surface area contributed by atoms with Crippen molar-refractivity contribution in [1.82, 2.24) is 15.3 Å². The van der Waals surface area contributed by atoms with Crippen LogP contribution in [0.5, 0.6) is 11.5 Å². The third kappa shape index (κ3) is 6.15. The molecule has 5 N–H and O–H groups in total. The first-order valence-electron chi connectivity index (χ1n) is 11.1. The van der Waals surface area contributed by atoms with Crippen LogP contribution in [0.25, 0.3) is 11.4 Å². The summed E-state index contributed by atoms with van der Waals surface area (Å²) in [6.07, 6.45) is 2.07. The van der Waals surface area contributed by atoms with E-state index in [2.05, 4.69) is 25.9 Å². The van der Waals surface area contributed by atoms with Gasteiger partial charge in [0.1, 0.15) is 17.3 Å². The van der Waals surface area contributed by atoms with Gasteiger partial charge in [-0.05, 0) is 67.9 Å². The topological polar surface area (TPSA) is 111 Å². The second kappa shape index (κ2) is 10.7. The summed E-state index contributed by atoms with van der Waals surface area (Å²) in [5.41, 5.74) is 3.56. The number of carbonyl (C=O) groups is 1. The minimum Gasteiger partial charge on any atom is -0.457 e. The number of aromatic nitrogens is 2. The fourth-order valence-electron chi connectivity index (χ4n) is 3.40. The summed E-state index contributed by atoms with van der Waals surface area (Å²) in [6.45, 7) is 4.26. The number of rotatable bonds is 9. The summed E-state index contributed by atoms with van der Waals surface area (Å²) < 4.78 is 19.8. The number of pyridine rings is 1. The van der Waals surface area contributed by atoms with Gasteiger partial charge in [-0.3, -0.25) is 9.78 Å². The Morgan fingerprint density at radius 3 is 2.66 bits per heavy atom. The first-order valence-corrected chi connectivity index (χ1v) is 11.1. The Kier molecular flexibility index (Phi) is 7.27. The van der Waals surface area contributed by atoms with Crippen molar-refractivity contribution in [1.29, 1.82) is 0 Å². The summed E-state index contributed by atoms with van der Waals surface area (Å²) in [6, 6.07) is 16.8. The van der Waals surface area contributed by atoms with Crippen molar-refractivity contribution in [3.63, 3.8) is 0 Å². The van der Waals surface area contributed by atoms with Crippen molar-refractivity contribution in [3.05, 3.63) is 90.0 Å². The van der Waals surface area contributed by atoms with Crippen molar-refractivity contribution in [2.24, 2.45) is 0 Å². The highest BCUT2D eigenvalue weighted by atomic mass is 19.1. The number of nitrogens with one attached hydrogen (secondary N) is 4. The molecule has 1 unspecified atom stereocenters. The van der Waals surface area contributed by atoms with E-state index in [1.54, 1.807) is 67.0 Å². The second-order valence-electron chi connectivity index (χ2n) is 7.84. The van der Waals surface area contributed by atoms with Gasteiger partial charge < -0.3 is 30.8 Å². The van der Waals surface area contributed by atoms with Crippen molar-refractivity contribution in [2.75, 3.05) is 17.2 Å². The van der Waals surface area contributed by atoms with Crippen molar-refractivity contribution < 1.29 is 19.0 Å². The zero-order valence-corrected chi connectivity index (χ0v) is 19.3. The number of nitrogens with zero attached hydrogens (tertiary/aromatic N) is 1. The Hall–Kier alpha value is -4.37. The SMILES string of the molecule is CCNC(=O)c1c[nH]c(-c2cc(Oc3ccc(NC(O)Nc4cc(C)ccc4F)cc3)ccn2)c1. The number of halogens is 1. The summed E-state index contributed by atoms with van der Waals surface area (Å²) in [5.74, 6) is 0.549. The standard InChI is InChI=1S/C26H26FN5O3/c1-3-28-25(33)17-13-23(30-15-17)24-14-20(10-11-29-24)35-19-7-5-18(6-8-19)31-26(34)32-22-12-16(2)4-9-21(22)27/h4-15,26,30-32,34H,3H2,1-2H3,(H,28,33). The number of ether oxygens (including phenoxy) is 1. The van der Waals surface area contributed by atoms with Crippen LogP contribution in [0.3, 0.4) is 0 Å². The molecule has 4 rings (SSSR count). The van der Waals surface area contributed by atoms with E-state index in [1.807, 2.05) is 13.8 Å². The maximum absolute atomic E-state index is 13.9. The number of carbonyl (C=O) groups excluding carboxylic acids is 1. The lowest BCUT2D eigenvalue weighted by molar-refractivity contribution is 0.0956. The number of aliphatic hydroxyl groups is 1. The van der Waals surface area contributed by atoms with Gasteiger partial charge >= 0.3 is 0 Å². The fraction of sp³-hybridized carbons (Fsp3) is 0.154. The van der Waals surface area contributed by atoms with E-state index < -0.39 is 12.2 Å². The highest BCUT2D eigenvalue weighted by molar-refractivity contribution is 5.95. The van der Waals surface area contributed by atoms with Gasteiger partial charge in [0.2, 0.25) is 6.35 Å². The molecular weight excluding hydrogens is 449 g/mol. The number of aryl methyl sites for hydroxylation is 1. The molecule has 180 valence electrons. The number of H-pyrrole nitrogens is 1. The molecule has 0 radical (unpaired) electrons. The summed E-state index contributed by atoms with van der Waals surface area (Å²) in [7, 11) is 0. The van der Waals surface area contributed by atoms with Crippen LogP contribution in [0.2, 0.25) is 0 Å². The predicted octanol–water partition coefficient (Wildman–Crippen LogP) is 4.87. The van der Waals surface area contributed by atoms with Crippen LogP contribution in [-0.4, -0.2) is 33.9 Å². The van der Waals surface area contributed by atoms with Gasteiger partial charge in [-0.1, -0.05) is 6.07 Å². The average Bonchev–Trinajstić information content (AvgIpc) is 3.34. The van der Waals surface area contributed by atoms with E-state index >= 15 is 0 Å². The first-order chi connectivity index (χ1) is 16.9. The van der Waals surface area contributed by atoms with E-state index in [0.29, 0.717) is 40.7 Å². The molecule has 35 heavy (non-hydrogen) atoms. The number of anilines is 2. The smallest absolute Gasteiger partial charge is 0.252 e. The molecule has 0 saturated heterocycles. The van der Waals surface area contributed by atoms with Crippen LogP contribution < -0.4 is 20.7 Å². The summed E-state index contributed by atoms with van der Waals surface area (Å²) in [5, 5.41) is 18.5. The van der Waals surface area contributed by atoms with Gasteiger partial charge in [-0.15, -0.1) is 0 Å². The molecule has 2 aromatic heterocycles. The molecule has 0 aliphatic carbocycles. The van der Waals surface area contributed by atoms with Gasteiger partial charge in [0, 0.05) is 30.7 Å². The van der Waals surface area contributed by atoms with Crippen LogP contribution in [-0.2, 0) is 0 Å². The van der Waals surface area contributed by atoms with E-state index in [4.69, 9.17) is 4.74 Å². The Morgan fingerprint density at radius 2 is 1.89 bits per heavy atom. The van der Waals surface area contributed by atoms with Gasteiger partial charge in [0.05, 0.1) is 22.6 Å². The van der Waals surface area contributed by atoms with Crippen molar-refractivity contribution >= 4 is 17.3 Å². The number of benzene rings is 2. The Labute approximate surface area is 202 Å².